The van der Waals surface area contributed by atoms with E-state index in [-0.39, 0.29) is 24.0 Å². The van der Waals surface area contributed by atoms with Gasteiger partial charge in [0, 0.05) is 17.8 Å². The molecule has 0 aromatic carbocycles. The molecule has 1 fully saturated rings. The monoisotopic (exact) mass is 191 g/mol. The Hall–Kier alpha value is -0.280. The van der Waals surface area contributed by atoms with E-state index in [1.807, 2.05) is 0 Å². The highest BCUT2D eigenvalue weighted by Gasteiger charge is 2.29. The van der Waals surface area contributed by atoms with Gasteiger partial charge in [0.25, 0.3) is 0 Å². The van der Waals surface area contributed by atoms with E-state index in [2.05, 4.69) is 5.32 Å². The number of hydrogen-bond acceptors (Lipinski definition) is 2. The molecule has 1 rings (SSSR count). The highest BCUT2D eigenvalue weighted by molar-refractivity contribution is 6.19. The Morgan fingerprint density at radius 3 is 2.75 bits per heavy atom. The lowest BCUT2D eigenvalue weighted by Crippen LogP contribution is -2.48. The van der Waals surface area contributed by atoms with Gasteiger partial charge < -0.3 is 10.4 Å². The lowest BCUT2D eigenvalue weighted by atomic mass is 9.89. The molecule has 70 valence electrons. The first-order valence-electron chi connectivity index (χ1n) is 4.18. The molecule has 1 amide bonds. The standard InChI is InChI=1S/C8H14ClNO2/c1-5(4-9)8(12)10-6-2-7(11)3-6/h5-7,11H,2-4H2,1H3,(H,10,12). The summed E-state index contributed by atoms with van der Waals surface area (Å²) in [5.74, 6) is 0.201. The predicted octanol–water partition coefficient (Wildman–Crippen LogP) is 0.501. The molecule has 1 unspecified atom stereocenters. The summed E-state index contributed by atoms with van der Waals surface area (Å²) in [5.41, 5.74) is 0. The van der Waals surface area contributed by atoms with Crippen molar-refractivity contribution in [3.8, 4) is 0 Å². The molecule has 0 heterocycles. The minimum absolute atomic E-state index is 0.0121. The Bertz CT molecular complexity index is 168. The van der Waals surface area contributed by atoms with E-state index >= 15 is 0 Å². The molecule has 0 radical (unpaired) electrons. The second-order valence-electron chi connectivity index (χ2n) is 3.39. The zero-order valence-electron chi connectivity index (χ0n) is 7.09. The number of hydrogen-bond donors (Lipinski definition) is 2. The smallest absolute Gasteiger partial charge is 0.224 e. The highest BCUT2D eigenvalue weighted by Crippen LogP contribution is 2.19. The Balaban J connectivity index is 2.18. The first-order valence-corrected chi connectivity index (χ1v) is 4.71. The summed E-state index contributed by atoms with van der Waals surface area (Å²) in [6.45, 7) is 1.79. The average Bonchev–Trinajstić information content (AvgIpc) is 2.00. The van der Waals surface area contributed by atoms with Crippen LogP contribution in [0, 0.1) is 5.92 Å². The van der Waals surface area contributed by atoms with Crippen LogP contribution in [0.4, 0.5) is 0 Å². The Labute approximate surface area is 77.1 Å². The predicted molar refractivity (Wildman–Crippen MR) is 47.1 cm³/mol. The summed E-state index contributed by atoms with van der Waals surface area (Å²) >= 11 is 5.51. The third-order valence-electron chi connectivity index (χ3n) is 2.14. The van der Waals surface area contributed by atoms with Crippen LogP contribution in [-0.4, -0.2) is 29.0 Å². The van der Waals surface area contributed by atoms with Crippen LogP contribution < -0.4 is 5.32 Å². The summed E-state index contributed by atoms with van der Waals surface area (Å²) in [4.78, 5) is 11.2. The molecule has 0 aromatic heterocycles. The number of amides is 1. The number of aliphatic hydroxyl groups excluding tert-OH is 1. The quantitative estimate of drug-likeness (QED) is 0.639. The minimum Gasteiger partial charge on any atom is -0.393 e. The van der Waals surface area contributed by atoms with Crippen LogP contribution >= 0.6 is 11.6 Å². The number of carbonyl (C=O) groups excluding carboxylic acids is 1. The van der Waals surface area contributed by atoms with E-state index in [1.54, 1.807) is 6.92 Å². The van der Waals surface area contributed by atoms with Gasteiger partial charge in [-0.3, -0.25) is 4.79 Å². The van der Waals surface area contributed by atoms with E-state index in [9.17, 15) is 4.79 Å². The van der Waals surface area contributed by atoms with Crippen LogP contribution in [-0.2, 0) is 4.79 Å². The number of halogens is 1. The van der Waals surface area contributed by atoms with E-state index in [4.69, 9.17) is 16.7 Å². The van der Waals surface area contributed by atoms with Crippen molar-refractivity contribution in [1.82, 2.24) is 5.32 Å². The first-order chi connectivity index (χ1) is 5.63. The fourth-order valence-electron chi connectivity index (χ4n) is 1.12. The lowest BCUT2D eigenvalue weighted by Gasteiger charge is -2.32. The van der Waals surface area contributed by atoms with Gasteiger partial charge in [0.15, 0.2) is 0 Å². The zero-order chi connectivity index (χ0) is 9.14. The van der Waals surface area contributed by atoms with Gasteiger partial charge in [-0.05, 0) is 12.8 Å². The van der Waals surface area contributed by atoms with Gasteiger partial charge in [0.2, 0.25) is 5.91 Å². The van der Waals surface area contributed by atoms with Gasteiger partial charge in [-0.25, -0.2) is 0 Å². The molecule has 1 aliphatic carbocycles. The topological polar surface area (TPSA) is 49.3 Å². The first kappa shape index (κ1) is 9.81. The van der Waals surface area contributed by atoms with Crippen molar-refractivity contribution in [1.29, 1.82) is 0 Å². The number of nitrogens with one attached hydrogen (secondary N) is 1. The fourth-order valence-corrected chi connectivity index (χ4v) is 1.26. The molecule has 12 heavy (non-hydrogen) atoms. The van der Waals surface area contributed by atoms with Crippen molar-refractivity contribution < 1.29 is 9.90 Å². The number of carbonyl (C=O) groups is 1. The van der Waals surface area contributed by atoms with Crippen LogP contribution in [0.5, 0.6) is 0 Å². The second kappa shape index (κ2) is 4.10. The molecule has 0 saturated heterocycles. The fraction of sp³-hybridized carbons (Fsp3) is 0.875. The number of rotatable bonds is 3. The summed E-state index contributed by atoms with van der Waals surface area (Å²) in [6, 6.07) is 0.165. The molecule has 1 aliphatic rings. The Kier molecular flexibility index (Phi) is 3.35. The van der Waals surface area contributed by atoms with Gasteiger partial charge in [0.1, 0.15) is 0 Å². The average molecular weight is 192 g/mol. The van der Waals surface area contributed by atoms with Gasteiger partial charge in [-0.15, -0.1) is 11.6 Å². The van der Waals surface area contributed by atoms with Gasteiger partial charge in [-0.1, -0.05) is 6.92 Å². The van der Waals surface area contributed by atoms with Crippen LogP contribution in [0.25, 0.3) is 0 Å². The van der Waals surface area contributed by atoms with Gasteiger partial charge >= 0.3 is 0 Å². The van der Waals surface area contributed by atoms with Crippen molar-refractivity contribution >= 4 is 17.5 Å². The number of alkyl halides is 1. The third-order valence-corrected chi connectivity index (χ3v) is 2.60. The normalized spacial score (nSPS) is 30.6. The molecule has 0 spiro atoms. The number of aliphatic hydroxyl groups is 1. The zero-order valence-corrected chi connectivity index (χ0v) is 7.84. The minimum atomic E-state index is -0.221. The van der Waals surface area contributed by atoms with Crippen LogP contribution in [0.2, 0.25) is 0 Å². The van der Waals surface area contributed by atoms with Gasteiger partial charge in [0.05, 0.1) is 6.10 Å². The Morgan fingerprint density at radius 2 is 2.33 bits per heavy atom. The molecule has 3 nitrogen and oxygen atoms in total. The van der Waals surface area contributed by atoms with Gasteiger partial charge in [-0.2, -0.15) is 0 Å². The molecule has 4 heteroatoms. The summed E-state index contributed by atoms with van der Waals surface area (Å²) in [6.07, 6.45) is 1.14. The molecule has 1 atom stereocenters. The highest BCUT2D eigenvalue weighted by atomic mass is 35.5. The van der Waals surface area contributed by atoms with Crippen LogP contribution in [0.15, 0.2) is 0 Å². The molecular formula is C8H14ClNO2. The molecule has 2 N–H and O–H groups in total. The van der Waals surface area contributed by atoms with Crippen molar-refractivity contribution in [3.05, 3.63) is 0 Å². The van der Waals surface area contributed by atoms with Crippen LogP contribution in [0.1, 0.15) is 19.8 Å². The van der Waals surface area contributed by atoms with Crippen LogP contribution in [0.3, 0.4) is 0 Å². The van der Waals surface area contributed by atoms with E-state index in [0.717, 1.165) is 0 Å². The van der Waals surface area contributed by atoms with Crippen molar-refractivity contribution in [2.45, 2.75) is 31.9 Å². The molecule has 0 aromatic rings. The van der Waals surface area contributed by atoms with E-state index in [1.165, 1.54) is 0 Å². The largest absolute Gasteiger partial charge is 0.393 e. The lowest BCUT2D eigenvalue weighted by molar-refractivity contribution is -0.125. The van der Waals surface area contributed by atoms with Crippen molar-refractivity contribution in [3.63, 3.8) is 0 Å². The van der Waals surface area contributed by atoms with Crippen molar-refractivity contribution in [2.75, 3.05) is 5.88 Å². The summed E-state index contributed by atoms with van der Waals surface area (Å²) in [7, 11) is 0. The Morgan fingerprint density at radius 1 is 1.75 bits per heavy atom. The summed E-state index contributed by atoms with van der Waals surface area (Å²) in [5, 5.41) is 11.8. The third kappa shape index (κ3) is 2.35. The maximum Gasteiger partial charge on any atom is 0.224 e. The molecule has 1 saturated carbocycles. The van der Waals surface area contributed by atoms with E-state index in [0.29, 0.717) is 18.7 Å². The van der Waals surface area contributed by atoms with Crippen molar-refractivity contribution in [2.24, 2.45) is 5.92 Å². The maximum absolute atomic E-state index is 11.2. The molecular weight excluding hydrogens is 178 g/mol. The molecule has 0 bridgehead atoms. The molecule has 0 aliphatic heterocycles. The second-order valence-corrected chi connectivity index (χ2v) is 3.69. The van der Waals surface area contributed by atoms with E-state index < -0.39 is 0 Å². The summed E-state index contributed by atoms with van der Waals surface area (Å²) < 4.78 is 0. The SMILES string of the molecule is CC(CCl)C(=O)NC1CC(O)C1. The maximum atomic E-state index is 11.2.